The standard InChI is InChI=1S/C18H15N3O2S/c1-23-14-8-5-13(6-9-14)7-10-17(22)21-18-20-16(12-24-18)15-4-2-3-11-19-15/h2-12H,1H3,(H,20,21,22). The lowest BCUT2D eigenvalue weighted by atomic mass is 10.2. The molecule has 24 heavy (non-hydrogen) atoms. The molecular weight excluding hydrogens is 322 g/mol. The number of hydrogen-bond donors (Lipinski definition) is 1. The fourth-order valence-corrected chi connectivity index (χ4v) is 2.70. The summed E-state index contributed by atoms with van der Waals surface area (Å²) in [6, 6.07) is 13.1. The van der Waals surface area contributed by atoms with Crippen molar-refractivity contribution in [2.75, 3.05) is 12.4 Å². The number of pyridine rings is 1. The number of methoxy groups -OCH3 is 1. The van der Waals surface area contributed by atoms with E-state index in [4.69, 9.17) is 4.74 Å². The number of carbonyl (C=O) groups excluding carboxylic acids is 1. The summed E-state index contributed by atoms with van der Waals surface area (Å²) in [6.07, 6.45) is 4.93. The third-order valence-electron chi connectivity index (χ3n) is 3.20. The van der Waals surface area contributed by atoms with Gasteiger partial charge in [-0.3, -0.25) is 15.1 Å². The molecule has 2 heterocycles. The number of nitrogens with zero attached hydrogens (tertiary/aromatic N) is 2. The maximum absolute atomic E-state index is 12.0. The topological polar surface area (TPSA) is 64.1 Å². The van der Waals surface area contributed by atoms with Gasteiger partial charge in [-0.1, -0.05) is 18.2 Å². The molecule has 1 amide bonds. The first-order valence-electron chi connectivity index (χ1n) is 7.24. The van der Waals surface area contributed by atoms with Crippen LogP contribution in [0.3, 0.4) is 0 Å². The second-order valence-corrected chi connectivity index (χ2v) is 5.71. The van der Waals surface area contributed by atoms with E-state index in [1.54, 1.807) is 19.4 Å². The maximum atomic E-state index is 12.0. The van der Waals surface area contributed by atoms with E-state index < -0.39 is 0 Å². The van der Waals surface area contributed by atoms with Crippen molar-refractivity contribution in [2.24, 2.45) is 0 Å². The molecule has 0 spiro atoms. The Kier molecular flexibility index (Phi) is 4.98. The summed E-state index contributed by atoms with van der Waals surface area (Å²) < 4.78 is 5.10. The smallest absolute Gasteiger partial charge is 0.250 e. The summed E-state index contributed by atoms with van der Waals surface area (Å²) in [7, 11) is 1.62. The fourth-order valence-electron chi connectivity index (χ4n) is 2.00. The predicted molar refractivity (Wildman–Crippen MR) is 96.0 cm³/mol. The Morgan fingerprint density at radius 2 is 2.00 bits per heavy atom. The van der Waals surface area contributed by atoms with E-state index in [2.05, 4.69) is 15.3 Å². The Morgan fingerprint density at radius 1 is 1.17 bits per heavy atom. The number of aromatic nitrogens is 2. The van der Waals surface area contributed by atoms with Crippen molar-refractivity contribution >= 4 is 28.5 Å². The molecule has 1 N–H and O–H groups in total. The Balaban J connectivity index is 1.62. The zero-order valence-electron chi connectivity index (χ0n) is 13.0. The van der Waals surface area contributed by atoms with Crippen molar-refractivity contribution < 1.29 is 9.53 Å². The maximum Gasteiger partial charge on any atom is 0.250 e. The molecule has 0 fully saturated rings. The normalized spacial score (nSPS) is 10.7. The lowest BCUT2D eigenvalue weighted by molar-refractivity contribution is -0.111. The summed E-state index contributed by atoms with van der Waals surface area (Å²) in [4.78, 5) is 20.6. The molecule has 0 radical (unpaired) electrons. The van der Waals surface area contributed by atoms with Gasteiger partial charge in [-0.05, 0) is 35.9 Å². The van der Waals surface area contributed by atoms with Crippen LogP contribution in [-0.4, -0.2) is 23.0 Å². The first kappa shape index (κ1) is 15.9. The Labute approximate surface area is 143 Å². The van der Waals surface area contributed by atoms with Crippen LogP contribution in [-0.2, 0) is 4.79 Å². The number of rotatable bonds is 5. The molecule has 0 aliphatic rings. The van der Waals surface area contributed by atoms with Crippen molar-refractivity contribution in [3.63, 3.8) is 0 Å². The fraction of sp³-hybridized carbons (Fsp3) is 0.0556. The number of hydrogen-bond acceptors (Lipinski definition) is 5. The molecular formula is C18H15N3O2S. The average molecular weight is 337 g/mol. The number of thiazole rings is 1. The van der Waals surface area contributed by atoms with Gasteiger partial charge < -0.3 is 4.74 Å². The van der Waals surface area contributed by atoms with Gasteiger partial charge in [-0.2, -0.15) is 0 Å². The molecule has 120 valence electrons. The number of nitrogens with one attached hydrogen (secondary N) is 1. The van der Waals surface area contributed by atoms with Crippen LogP contribution in [0.4, 0.5) is 5.13 Å². The predicted octanol–water partition coefficient (Wildman–Crippen LogP) is 3.87. The SMILES string of the molecule is COc1ccc(C=CC(=O)Nc2nc(-c3ccccn3)cs2)cc1. The summed E-state index contributed by atoms with van der Waals surface area (Å²) >= 11 is 1.37. The summed E-state index contributed by atoms with van der Waals surface area (Å²) in [5.41, 5.74) is 2.44. The van der Waals surface area contributed by atoms with Gasteiger partial charge in [0.15, 0.2) is 5.13 Å². The zero-order valence-corrected chi connectivity index (χ0v) is 13.8. The van der Waals surface area contributed by atoms with Crippen LogP contribution in [0, 0.1) is 0 Å². The highest BCUT2D eigenvalue weighted by atomic mass is 32.1. The summed E-state index contributed by atoms with van der Waals surface area (Å²) in [5, 5.41) is 5.16. The molecule has 0 aliphatic carbocycles. The summed E-state index contributed by atoms with van der Waals surface area (Å²) in [5.74, 6) is 0.550. The second kappa shape index (κ2) is 7.52. The van der Waals surface area contributed by atoms with Crippen LogP contribution < -0.4 is 10.1 Å². The van der Waals surface area contributed by atoms with Gasteiger partial charge in [-0.15, -0.1) is 11.3 Å². The monoisotopic (exact) mass is 337 g/mol. The van der Waals surface area contributed by atoms with Crippen LogP contribution in [0.1, 0.15) is 5.56 Å². The number of benzene rings is 1. The van der Waals surface area contributed by atoms with E-state index in [0.717, 1.165) is 22.7 Å². The second-order valence-electron chi connectivity index (χ2n) is 4.85. The van der Waals surface area contributed by atoms with Crippen LogP contribution in [0.25, 0.3) is 17.5 Å². The van der Waals surface area contributed by atoms with E-state index in [0.29, 0.717) is 5.13 Å². The van der Waals surface area contributed by atoms with Crippen molar-refractivity contribution in [1.29, 1.82) is 0 Å². The molecule has 3 aromatic rings. The molecule has 0 atom stereocenters. The van der Waals surface area contributed by atoms with E-state index in [-0.39, 0.29) is 5.91 Å². The van der Waals surface area contributed by atoms with E-state index in [1.165, 1.54) is 17.4 Å². The molecule has 6 heteroatoms. The minimum absolute atomic E-state index is 0.229. The molecule has 1 aromatic carbocycles. The minimum atomic E-state index is -0.229. The van der Waals surface area contributed by atoms with Crippen molar-refractivity contribution in [3.8, 4) is 17.1 Å². The van der Waals surface area contributed by atoms with Crippen molar-refractivity contribution in [2.45, 2.75) is 0 Å². The average Bonchev–Trinajstić information content (AvgIpc) is 3.09. The van der Waals surface area contributed by atoms with Gasteiger partial charge in [0.2, 0.25) is 5.91 Å². The Bertz CT molecular complexity index is 842. The highest BCUT2D eigenvalue weighted by molar-refractivity contribution is 7.14. The molecule has 0 saturated carbocycles. The minimum Gasteiger partial charge on any atom is -0.497 e. The van der Waals surface area contributed by atoms with Gasteiger partial charge in [0.1, 0.15) is 11.4 Å². The van der Waals surface area contributed by atoms with Gasteiger partial charge in [0, 0.05) is 17.7 Å². The molecule has 5 nitrogen and oxygen atoms in total. The van der Waals surface area contributed by atoms with E-state index in [9.17, 15) is 4.79 Å². The number of carbonyl (C=O) groups is 1. The van der Waals surface area contributed by atoms with Gasteiger partial charge >= 0.3 is 0 Å². The number of amides is 1. The molecule has 2 aromatic heterocycles. The Morgan fingerprint density at radius 3 is 2.71 bits per heavy atom. The zero-order chi connectivity index (χ0) is 16.8. The van der Waals surface area contributed by atoms with Crippen LogP contribution >= 0.6 is 11.3 Å². The van der Waals surface area contributed by atoms with Gasteiger partial charge in [0.05, 0.1) is 12.8 Å². The van der Waals surface area contributed by atoms with Crippen molar-refractivity contribution in [1.82, 2.24) is 9.97 Å². The Hall–Kier alpha value is -2.99. The number of anilines is 1. The van der Waals surface area contributed by atoms with Crippen molar-refractivity contribution in [3.05, 3.63) is 65.7 Å². The van der Waals surface area contributed by atoms with Gasteiger partial charge in [0.25, 0.3) is 0 Å². The first-order chi connectivity index (χ1) is 11.7. The third-order valence-corrected chi connectivity index (χ3v) is 3.96. The molecule has 0 bridgehead atoms. The number of ether oxygens (including phenoxy) is 1. The van der Waals surface area contributed by atoms with Crippen LogP contribution in [0.15, 0.2) is 60.1 Å². The summed E-state index contributed by atoms with van der Waals surface area (Å²) in [6.45, 7) is 0. The van der Waals surface area contributed by atoms with E-state index in [1.807, 2.05) is 47.8 Å². The van der Waals surface area contributed by atoms with Crippen LogP contribution in [0.2, 0.25) is 0 Å². The molecule has 0 unspecified atom stereocenters. The molecule has 0 saturated heterocycles. The lowest BCUT2D eigenvalue weighted by Crippen LogP contribution is -2.07. The quantitative estimate of drug-likeness (QED) is 0.718. The van der Waals surface area contributed by atoms with E-state index >= 15 is 0 Å². The highest BCUT2D eigenvalue weighted by Gasteiger charge is 2.06. The third kappa shape index (κ3) is 4.05. The lowest BCUT2D eigenvalue weighted by Gasteiger charge is -1.99. The first-order valence-corrected chi connectivity index (χ1v) is 8.12. The van der Waals surface area contributed by atoms with Gasteiger partial charge in [-0.25, -0.2) is 4.98 Å². The highest BCUT2D eigenvalue weighted by Crippen LogP contribution is 2.23. The van der Waals surface area contributed by atoms with Crippen LogP contribution in [0.5, 0.6) is 5.75 Å². The largest absolute Gasteiger partial charge is 0.497 e. The molecule has 3 rings (SSSR count). The molecule has 0 aliphatic heterocycles.